The summed E-state index contributed by atoms with van der Waals surface area (Å²) in [7, 11) is -6.45. The summed E-state index contributed by atoms with van der Waals surface area (Å²) < 4.78 is 35.5. The zero-order valence-corrected chi connectivity index (χ0v) is 27.4. The van der Waals surface area contributed by atoms with Crippen molar-refractivity contribution in [3.8, 4) is 0 Å². The van der Waals surface area contributed by atoms with Crippen LogP contribution in [0.2, 0.25) is 18.1 Å². The van der Waals surface area contributed by atoms with Gasteiger partial charge in [-0.05, 0) is 61.0 Å². The SMILES string of the molecule is C=CCCC(CO[Si](C)(C)C(C)(C)C)CN(C[C@@H](O)[C@H](Cc1ccccc1)NC(=O)O)S(=O)(=O)c1ccc([N+](=O)[O-])cc1. The monoisotopic (exact) mass is 635 g/mol. The Bertz CT molecular complexity index is 1320. The van der Waals surface area contributed by atoms with Crippen molar-refractivity contribution < 1.29 is 32.8 Å². The molecular weight excluding hydrogens is 590 g/mol. The highest BCUT2D eigenvalue weighted by Crippen LogP contribution is 2.37. The average Bonchev–Trinajstić information content (AvgIpc) is 2.93. The molecule has 0 fully saturated rings. The van der Waals surface area contributed by atoms with Crippen molar-refractivity contribution in [1.82, 2.24) is 9.62 Å². The van der Waals surface area contributed by atoms with E-state index in [4.69, 9.17) is 4.43 Å². The molecule has 2 aromatic carbocycles. The number of allylic oxidation sites excluding steroid dienone is 1. The number of nitro groups is 1. The Kier molecular flexibility index (Phi) is 13.1. The Labute approximate surface area is 255 Å². The average molecular weight is 636 g/mol. The normalized spacial score (nSPS) is 14.6. The standard InChI is InChI=1S/C30H45N3O8SSi/c1-7-8-12-24(22-41-43(5,6)30(2,3)4)20-32(42(39,40)26-17-15-25(16-18-26)33(37)38)21-28(34)27(31-29(35)36)19-23-13-10-9-11-14-23/h7,9-11,13-18,24,27-28,31,34H,1,8,12,19-22H2,2-6H3,(H,35,36)/t24?,27-,28+/m0/s1. The summed E-state index contributed by atoms with van der Waals surface area (Å²) >= 11 is 0. The van der Waals surface area contributed by atoms with Gasteiger partial charge in [-0.2, -0.15) is 4.31 Å². The maximum Gasteiger partial charge on any atom is 0.404 e. The first kappa shape index (κ1) is 36.1. The minimum absolute atomic E-state index is 0.0238. The van der Waals surface area contributed by atoms with Crippen molar-refractivity contribution in [2.24, 2.45) is 5.92 Å². The third-order valence-electron chi connectivity index (χ3n) is 7.87. The molecule has 1 unspecified atom stereocenters. The number of carbonyl (C=O) groups is 1. The Balaban J connectivity index is 2.47. The summed E-state index contributed by atoms with van der Waals surface area (Å²) in [6, 6.07) is 12.5. The molecule has 0 aliphatic rings. The van der Waals surface area contributed by atoms with Gasteiger partial charge in [-0.15, -0.1) is 6.58 Å². The molecule has 0 saturated heterocycles. The van der Waals surface area contributed by atoms with Crippen LogP contribution >= 0.6 is 0 Å². The lowest BCUT2D eigenvalue weighted by atomic mass is 10.0. The molecule has 11 nitrogen and oxygen atoms in total. The van der Waals surface area contributed by atoms with E-state index in [0.29, 0.717) is 12.8 Å². The molecule has 3 atom stereocenters. The van der Waals surface area contributed by atoms with Gasteiger partial charge in [-0.1, -0.05) is 57.2 Å². The maximum atomic E-state index is 14.0. The second-order valence-electron chi connectivity index (χ2n) is 12.2. The van der Waals surface area contributed by atoms with Gasteiger partial charge in [0.05, 0.1) is 22.0 Å². The van der Waals surface area contributed by atoms with Gasteiger partial charge in [0.2, 0.25) is 10.0 Å². The van der Waals surface area contributed by atoms with E-state index in [1.807, 2.05) is 6.07 Å². The van der Waals surface area contributed by atoms with E-state index in [0.717, 1.165) is 34.1 Å². The molecule has 0 saturated carbocycles. The highest BCUT2D eigenvalue weighted by Gasteiger charge is 2.38. The smallest absolute Gasteiger partial charge is 0.404 e. The number of non-ortho nitro benzene ring substituents is 1. The molecule has 238 valence electrons. The molecule has 1 amide bonds. The van der Waals surface area contributed by atoms with E-state index in [-0.39, 0.29) is 41.1 Å². The Morgan fingerprint density at radius 3 is 2.26 bits per heavy atom. The minimum Gasteiger partial charge on any atom is -0.465 e. The summed E-state index contributed by atoms with van der Waals surface area (Å²) in [6.07, 6.45) is 0.296. The van der Waals surface area contributed by atoms with E-state index in [9.17, 15) is 33.5 Å². The van der Waals surface area contributed by atoms with E-state index in [1.54, 1.807) is 30.3 Å². The number of nitro benzene ring substituents is 1. The lowest BCUT2D eigenvalue weighted by Crippen LogP contribution is -2.51. The largest absolute Gasteiger partial charge is 0.465 e. The Morgan fingerprint density at radius 2 is 1.74 bits per heavy atom. The Hall–Kier alpha value is -3.10. The lowest BCUT2D eigenvalue weighted by molar-refractivity contribution is -0.384. The van der Waals surface area contributed by atoms with E-state index in [1.165, 1.54) is 0 Å². The molecule has 13 heteroatoms. The van der Waals surface area contributed by atoms with Crippen molar-refractivity contribution in [3.05, 3.63) is 82.9 Å². The zero-order valence-electron chi connectivity index (χ0n) is 25.6. The van der Waals surface area contributed by atoms with Gasteiger partial charge in [0.25, 0.3) is 5.69 Å². The van der Waals surface area contributed by atoms with Crippen LogP contribution in [0.15, 0.2) is 72.1 Å². The van der Waals surface area contributed by atoms with E-state index >= 15 is 0 Å². The molecular formula is C30H45N3O8SSi. The van der Waals surface area contributed by atoms with Gasteiger partial charge < -0.3 is 20.0 Å². The molecule has 43 heavy (non-hydrogen) atoms. The first-order valence-electron chi connectivity index (χ1n) is 14.2. The molecule has 0 spiro atoms. The fourth-order valence-corrected chi connectivity index (χ4v) is 6.84. The number of amides is 1. The molecule has 0 aromatic heterocycles. The van der Waals surface area contributed by atoms with Crippen LogP contribution in [0.3, 0.4) is 0 Å². The zero-order chi connectivity index (χ0) is 32.4. The quantitative estimate of drug-likeness (QED) is 0.0898. The van der Waals surface area contributed by atoms with Gasteiger partial charge in [0, 0.05) is 31.8 Å². The van der Waals surface area contributed by atoms with Crippen molar-refractivity contribution in [2.45, 2.75) is 75.2 Å². The number of sulfonamides is 1. The topological polar surface area (TPSA) is 159 Å². The van der Waals surface area contributed by atoms with Crippen LogP contribution in [-0.4, -0.2) is 74.1 Å². The van der Waals surface area contributed by atoms with Crippen molar-refractivity contribution >= 4 is 30.1 Å². The fraction of sp³-hybridized carbons (Fsp3) is 0.500. The second kappa shape index (κ2) is 15.6. The number of hydrogen-bond donors (Lipinski definition) is 3. The summed E-state index contributed by atoms with van der Waals surface area (Å²) in [5.41, 5.74) is 0.502. The number of rotatable bonds is 17. The van der Waals surface area contributed by atoms with Gasteiger partial charge >= 0.3 is 6.09 Å². The van der Waals surface area contributed by atoms with Crippen LogP contribution in [0.5, 0.6) is 0 Å². The molecule has 3 N–H and O–H groups in total. The van der Waals surface area contributed by atoms with E-state index in [2.05, 4.69) is 45.8 Å². The number of aliphatic hydroxyl groups is 1. The molecule has 0 aliphatic carbocycles. The first-order valence-corrected chi connectivity index (χ1v) is 18.5. The fourth-order valence-electron chi connectivity index (χ4n) is 4.22. The van der Waals surface area contributed by atoms with Gasteiger partial charge in [0.15, 0.2) is 8.32 Å². The van der Waals surface area contributed by atoms with Gasteiger partial charge in [-0.25, -0.2) is 13.2 Å². The van der Waals surface area contributed by atoms with Crippen LogP contribution < -0.4 is 5.32 Å². The number of carboxylic acid groups (broad SMARTS) is 1. The number of hydrogen-bond acceptors (Lipinski definition) is 7. The molecule has 2 aromatic rings. The molecule has 2 rings (SSSR count). The summed E-state index contributed by atoms with van der Waals surface area (Å²) in [5, 5.41) is 34.2. The predicted molar refractivity (Wildman–Crippen MR) is 169 cm³/mol. The van der Waals surface area contributed by atoms with Gasteiger partial charge in [-0.3, -0.25) is 10.1 Å². The van der Waals surface area contributed by atoms with E-state index < -0.39 is 48.0 Å². The predicted octanol–water partition coefficient (Wildman–Crippen LogP) is 5.43. The second-order valence-corrected chi connectivity index (χ2v) is 18.9. The van der Waals surface area contributed by atoms with Crippen molar-refractivity contribution in [2.75, 3.05) is 19.7 Å². The summed E-state index contributed by atoms with van der Waals surface area (Å²) in [5.74, 6) is -0.271. The number of aliphatic hydroxyl groups excluding tert-OH is 1. The summed E-state index contributed by atoms with van der Waals surface area (Å²) in [4.78, 5) is 22.0. The number of nitrogens with zero attached hydrogens (tertiary/aromatic N) is 2. The maximum absolute atomic E-state index is 14.0. The highest BCUT2D eigenvalue weighted by molar-refractivity contribution is 7.89. The number of benzene rings is 2. The lowest BCUT2D eigenvalue weighted by Gasteiger charge is -2.38. The van der Waals surface area contributed by atoms with Crippen LogP contribution in [0.1, 0.15) is 39.2 Å². The molecule has 0 aliphatic heterocycles. The first-order chi connectivity index (χ1) is 20.0. The number of nitrogens with one attached hydrogen (secondary N) is 1. The van der Waals surface area contributed by atoms with Crippen LogP contribution in [0.4, 0.5) is 10.5 Å². The van der Waals surface area contributed by atoms with Crippen molar-refractivity contribution in [1.29, 1.82) is 0 Å². The molecule has 0 radical (unpaired) electrons. The Morgan fingerprint density at radius 1 is 1.14 bits per heavy atom. The van der Waals surface area contributed by atoms with Gasteiger partial charge in [0.1, 0.15) is 0 Å². The highest BCUT2D eigenvalue weighted by atomic mass is 32.2. The third kappa shape index (κ3) is 10.8. The molecule has 0 heterocycles. The van der Waals surface area contributed by atoms with Crippen LogP contribution in [-0.2, 0) is 20.9 Å². The summed E-state index contributed by atoms with van der Waals surface area (Å²) in [6.45, 7) is 14.2. The van der Waals surface area contributed by atoms with Crippen LogP contribution in [0, 0.1) is 16.0 Å². The minimum atomic E-state index is -4.27. The third-order valence-corrected chi connectivity index (χ3v) is 14.2. The molecule has 0 bridgehead atoms. The van der Waals surface area contributed by atoms with Crippen molar-refractivity contribution in [3.63, 3.8) is 0 Å². The van der Waals surface area contributed by atoms with Crippen LogP contribution in [0.25, 0.3) is 0 Å².